The molecule has 0 saturated carbocycles. The molecule has 1 aliphatic rings. The largest absolute Gasteiger partial charge is 0.461 e. The lowest BCUT2D eigenvalue weighted by Crippen LogP contribution is -2.26. The van der Waals surface area contributed by atoms with Gasteiger partial charge in [-0.15, -0.1) is 16.4 Å². The minimum Gasteiger partial charge on any atom is -0.461 e. The number of furan rings is 1. The molecule has 1 unspecified atom stereocenters. The summed E-state index contributed by atoms with van der Waals surface area (Å²) in [6.45, 7) is 1.80. The highest BCUT2D eigenvalue weighted by atomic mass is 32.1. The predicted octanol–water partition coefficient (Wildman–Crippen LogP) is 4.07. The third-order valence-electron chi connectivity index (χ3n) is 4.33. The Morgan fingerprint density at radius 3 is 3.04 bits per heavy atom. The van der Waals surface area contributed by atoms with Crippen molar-refractivity contribution >= 4 is 23.6 Å². The Morgan fingerprint density at radius 2 is 2.30 bits per heavy atom. The Morgan fingerprint density at radius 1 is 1.39 bits per heavy atom. The number of aromatic nitrogens is 3. The molecule has 23 heavy (non-hydrogen) atoms. The lowest BCUT2D eigenvalue weighted by molar-refractivity contribution is 0.192. The minimum absolute atomic E-state index is 0.478. The molecule has 0 radical (unpaired) electrons. The fourth-order valence-corrected chi connectivity index (χ4v) is 4.25. The molecule has 0 bridgehead atoms. The number of likely N-dealkylation sites (tertiary alicyclic amines) is 1. The van der Waals surface area contributed by atoms with E-state index in [9.17, 15) is 0 Å². The van der Waals surface area contributed by atoms with E-state index in [1.54, 1.807) is 6.26 Å². The first-order chi connectivity index (χ1) is 11.2. The van der Waals surface area contributed by atoms with E-state index >= 15 is 0 Å². The van der Waals surface area contributed by atoms with Crippen LogP contribution in [0.3, 0.4) is 0 Å². The van der Waals surface area contributed by atoms with Gasteiger partial charge in [0.15, 0.2) is 16.4 Å². The van der Waals surface area contributed by atoms with Gasteiger partial charge in [0.1, 0.15) is 0 Å². The van der Waals surface area contributed by atoms with Crippen LogP contribution in [0.2, 0.25) is 0 Å². The lowest BCUT2D eigenvalue weighted by Gasteiger charge is -2.23. The fourth-order valence-electron chi connectivity index (χ4n) is 3.17. The van der Waals surface area contributed by atoms with E-state index in [0.29, 0.717) is 10.8 Å². The van der Waals surface area contributed by atoms with Crippen LogP contribution < -0.4 is 0 Å². The van der Waals surface area contributed by atoms with Crippen LogP contribution in [0.1, 0.15) is 23.8 Å². The Hall–Kier alpha value is -1.70. The van der Waals surface area contributed by atoms with Gasteiger partial charge in [-0.1, -0.05) is 6.07 Å². The van der Waals surface area contributed by atoms with Gasteiger partial charge >= 0.3 is 0 Å². The molecule has 1 atom stereocenters. The summed E-state index contributed by atoms with van der Waals surface area (Å²) in [6, 6.07) is 8.60. The highest BCUT2D eigenvalue weighted by Crippen LogP contribution is 2.34. The lowest BCUT2D eigenvalue weighted by atomic mass is 10.2. The first kappa shape index (κ1) is 14.9. The summed E-state index contributed by atoms with van der Waals surface area (Å²) in [6.07, 6.45) is 4.07. The predicted molar refractivity (Wildman–Crippen MR) is 92.7 cm³/mol. The van der Waals surface area contributed by atoms with Gasteiger partial charge in [0.2, 0.25) is 0 Å². The molecule has 1 saturated heterocycles. The highest BCUT2D eigenvalue weighted by molar-refractivity contribution is 7.71. The summed E-state index contributed by atoms with van der Waals surface area (Å²) < 4.78 is 9.99. The van der Waals surface area contributed by atoms with Crippen LogP contribution >= 0.6 is 23.6 Å². The molecule has 0 spiro atoms. The van der Waals surface area contributed by atoms with Crippen LogP contribution in [-0.4, -0.2) is 25.8 Å². The SMILES string of the molecule is Cn1c(-c2ccco2)nn(CN2CCCC2c2cccs2)c1=S. The Labute approximate surface area is 143 Å². The van der Waals surface area contributed by atoms with Crippen LogP contribution in [-0.2, 0) is 13.7 Å². The van der Waals surface area contributed by atoms with Crippen molar-refractivity contribution in [2.24, 2.45) is 7.05 Å². The van der Waals surface area contributed by atoms with E-state index in [2.05, 4.69) is 27.5 Å². The quantitative estimate of drug-likeness (QED) is 0.668. The summed E-state index contributed by atoms with van der Waals surface area (Å²) in [5.74, 6) is 1.51. The van der Waals surface area contributed by atoms with Crippen molar-refractivity contribution in [1.82, 2.24) is 19.2 Å². The van der Waals surface area contributed by atoms with Crippen LogP contribution in [0.5, 0.6) is 0 Å². The average Bonchev–Trinajstić information content (AvgIpc) is 3.32. The molecule has 120 valence electrons. The highest BCUT2D eigenvalue weighted by Gasteiger charge is 2.27. The molecule has 0 amide bonds. The second-order valence-corrected chi connectivity index (χ2v) is 7.11. The maximum absolute atomic E-state index is 5.56. The number of rotatable bonds is 4. The molecule has 4 rings (SSSR count). The van der Waals surface area contributed by atoms with Crippen molar-refractivity contribution in [2.75, 3.05) is 6.54 Å². The molecular formula is C16H18N4OS2. The zero-order chi connectivity index (χ0) is 15.8. The summed E-state index contributed by atoms with van der Waals surface area (Å²) in [5.41, 5.74) is 0. The molecular weight excluding hydrogens is 328 g/mol. The fraction of sp³-hybridized carbons (Fsp3) is 0.375. The van der Waals surface area contributed by atoms with Gasteiger partial charge in [0.25, 0.3) is 0 Å². The third kappa shape index (κ3) is 2.69. The summed E-state index contributed by atoms with van der Waals surface area (Å²) in [7, 11) is 1.93. The molecule has 7 heteroatoms. The summed E-state index contributed by atoms with van der Waals surface area (Å²) >= 11 is 7.39. The van der Waals surface area contributed by atoms with Gasteiger partial charge in [-0.2, -0.15) is 0 Å². The normalized spacial score (nSPS) is 18.7. The van der Waals surface area contributed by atoms with E-state index in [1.165, 1.54) is 17.7 Å². The van der Waals surface area contributed by atoms with Gasteiger partial charge in [0.05, 0.1) is 12.9 Å². The minimum atomic E-state index is 0.478. The van der Waals surface area contributed by atoms with Crippen molar-refractivity contribution in [2.45, 2.75) is 25.6 Å². The molecule has 1 aliphatic heterocycles. The summed E-state index contributed by atoms with van der Waals surface area (Å²) in [5, 5.41) is 6.82. The Kier molecular flexibility index (Phi) is 3.92. The van der Waals surface area contributed by atoms with Gasteiger partial charge in [0, 0.05) is 24.5 Å². The number of nitrogens with zero attached hydrogens (tertiary/aromatic N) is 4. The zero-order valence-electron chi connectivity index (χ0n) is 12.9. The van der Waals surface area contributed by atoms with E-state index < -0.39 is 0 Å². The van der Waals surface area contributed by atoms with Crippen molar-refractivity contribution < 1.29 is 4.42 Å². The Balaban J connectivity index is 1.62. The molecule has 0 aromatic carbocycles. The third-order valence-corrected chi connectivity index (χ3v) is 5.79. The molecule has 5 nitrogen and oxygen atoms in total. The van der Waals surface area contributed by atoms with E-state index in [4.69, 9.17) is 16.6 Å². The molecule has 3 aromatic rings. The van der Waals surface area contributed by atoms with Crippen LogP contribution in [0.4, 0.5) is 0 Å². The number of hydrogen-bond acceptors (Lipinski definition) is 5. The maximum Gasteiger partial charge on any atom is 0.199 e. The maximum atomic E-state index is 5.56. The molecule has 4 heterocycles. The summed E-state index contributed by atoms with van der Waals surface area (Å²) in [4.78, 5) is 3.89. The zero-order valence-corrected chi connectivity index (χ0v) is 14.5. The van der Waals surface area contributed by atoms with E-state index in [1.807, 2.05) is 39.8 Å². The van der Waals surface area contributed by atoms with Gasteiger partial charge in [-0.3, -0.25) is 4.90 Å². The van der Waals surface area contributed by atoms with Gasteiger partial charge < -0.3 is 8.98 Å². The van der Waals surface area contributed by atoms with Crippen molar-refractivity contribution in [3.8, 4) is 11.6 Å². The Bertz CT molecular complexity index is 832. The molecule has 1 fully saturated rings. The van der Waals surface area contributed by atoms with E-state index in [0.717, 1.165) is 24.8 Å². The van der Waals surface area contributed by atoms with Gasteiger partial charge in [-0.05, 0) is 48.6 Å². The number of thiophene rings is 1. The van der Waals surface area contributed by atoms with Gasteiger partial charge in [-0.25, -0.2) is 4.68 Å². The van der Waals surface area contributed by atoms with Crippen LogP contribution in [0.25, 0.3) is 11.6 Å². The standard InChI is InChI=1S/C16H18N4OS2/c1-18-15(13-6-3-9-21-13)17-20(16(18)22)11-19-8-2-5-12(19)14-7-4-10-23-14/h3-4,6-7,9-10,12H,2,5,8,11H2,1H3. The van der Waals surface area contributed by atoms with E-state index in [-0.39, 0.29) is 0 Å². The second kappa shape index (κ2) is 6.07. The second-order valence-electron chi connectivity index (χ2n) is 5.77. The van der Waals surface area contributed by atoms with Crippen molar-refractivity contribution in [3.63, 3.8) is 0 Å². The van der Waals surface area contributed by atoms with Crippen LogP contribution in [0.15, 0.2) is 40.3 Å². The molecule has 0 aliphatic carbocycles. The van der Waals surface area contributed by atoms with Crippen molar-refractivity contribution in [1.29, 1.82) is 0 Å². The monoisotopic (exact) mass is 346 g/mol. The smallest absolute Gasteiger partial charge is 0.199 e. The average molecular weight is 346 g/mol. The number of hydrogen-bond donors (Lipinski definition) is 0. The molecule has 3 aromatic heterocycles. The first-order valence-corrected chi connectivity index (χ1v) is 8.98. The first-order valence-electron chi connectivity index (χ1n) is 7.69. The van der Waals surface area contributed by atoms with Crippen molar-refractivity contribution in [3.05, 3.63) is 45.6 Å². The molecule has 0 N–H and O–H groups in total. The topological polar surface area (TPSA) is 39.1 Å². The van der Waals surface area contributed by atoms with Crippen LogP contribution in [0, 0.1) is 4.77 Å².